The van der Waals surface area contributed by atoms with Crippen molar-refractivity contribution in [3.05, 3.63) is 37.1 Å². The number of hydrogen-bond donors (Lipinski definition) is 0. The average Bonchev–Trinajstić information content (AvgIpc) is 1.99. The van der Waals surface area contributed by atoms with Gasteiger partial charge in [0.05, 0.1) is 0 Å². The van der Waals surface area contributed by atoms with Crippen LogP contribution in [0.5, 0.6) is 0 Å². The third kappa shape index (κ3) is 2.78. The fraction of sp³-hybridized carbons (Fsp3) is 0.250. The van der Waals surface area contributed by atoms with Gasteiger partial charge in [0.15, 0.2) is 0 Å². The summed E-state index contributed by atoms with van der Waals surface area (Å²) in [5, 5.41) is 0. The van der Waals surface area contributed by atoms with Crippen LogP contribution in [0.2, 0.25) is 0 Å². The number of allylic oxidation sites excluding steroid dienone is 3. The second-order valence-electron chi connectivity index (χ2n) is 1.71. The quantitative estimate of drug-likeness (QED) is 0.453. The van der Waals surface area contributed by atoms with Gasteiger partial charge >= 0.3 is 0 Å². The molecule has 0 aliphatic carbocycles. The minimum Gasteiger partial charge on any atom is -0.320 e. The van der Waals surface area contributed by atoms with Crippen molar-refractivity contribution < 1.29 is 0 Å². The number of likely N-dealkylation sites (N-methyl/N-ethyl adjacent to an activating group) is 1. The second-order valence-corrected chi connectivity index (χ2v) is 2.62. The van der Waals surface area contributed by atoms with E-state index in [1.165, 1.54) is 0 Å². The topological polar surface area (TPSA) is 3.24 Å². The van der Waals surface area contributed by atoms with E-state index in [1.807, 2.05) is 23.7 Å². The van der Waals surface area contributed by atoms with Gasteiger partial charge in [0, 0.05) is 19.0 Å². The summed E-state index contributed by atoms with van der Waals surface area (Å²) in [7, 11) is 1.99. The summed E-state index contributed by atoms with van der Waals surface area (Å²) in [4.78, 5) is 0. The van der Waals surface area contributed by atoms with Gasteiger partial charge in [-0.3, -0.25) is 0 Å². The molecular formula is C8H13NS. The van der Waals surface area contributed by atoms with Crippen LogP contribution in [0.25, 0.3) is 0 Å². The molecule has 0 heterocycles. The Morgan fingerprint density at radius 3 is 2.40 bits per heavy atom. The summed E-state index contributed by atoms with van der Waals surface area (Å²) < 4.78 is 2.02. The molecule has 1 nitrogen and oxygen atoms in total. The first-order chi connectivity index (χ1) is 4.76. The molecule has 0 rings (SSSR count). The van der Waals surface area contributed by atoms with Gasteiger partial charge in [0.25, 0.3) is 0 Å². The van der Waals surface area contributed by atoms with Gasteiger partial charge in [-0.05, 0) is 12.2 Å². The third-order valence-electron chi connectivity index (χ3n) is 1.14. The summed E-state index contributed by atoms with van der Waals surface area (Å²) in [5.74, 6) is 0. The Labute approximate surface area is 67.2 Å². The number of hydrogen-bond acceptors (Lipinski definition) is 2. The van der Waals surface area contributed by atoms with E-state index in [2.05, 4.69) is 13.2 Å². The Morgan fingerprint density at radius 1 is 1.50 bits per heavy atom. The zero-order valence-corrected chi connectivity index (χ0v) is 7.32. The van der Waals surface area contributed by atoms with Gasteiger partial charge in [-0.25, -0.2) is 0 Å². The molecule has 0 bridgehead atoms. The van der Waals surface area contributed by atoms with Gasteiger partial charge in [-0.1, -0.05) is 31.2 Å². The maximum Gasteiger partial charge on any atom is 0.0460 e. The largest absolute Gasteiger partial charge is 0.320 e. The molecule has 0 aliphatic rings. The van der Waals surface area contributed by atoms with Crippen molar-refractivity contribution in [2.75, 3.05) is 13.3 Å². The first kappa shape index (κ1) is 9.37. The average molecular weight is 155 g/mol. The lowest BCUT2D eigenvalue weighted by molar-refractivity contribution is 0.731. The molecule has 0 unspecified atom stereocenters. The monoisotopic (exact) mass is 155 g/mol. The Hall–Kier alpha value is -0.630. The van der Waals surface area contributed by atoms with E-state index in [0.717, 1.165) is 5.70 Å². The first-order valence-corrected chi connectivity index (χ1v) is 4.17. The van der Waals surface area contributed by atoms with Crippen molar-refractivity contribution in [1.82, 2.24) is 4.31 Å². The van der Waals surface area contributed by atoms with Gasteiger partial charge in [-0.15, -0.1) is 0 Å². The number of rotatable bonds is 4. The van der Waals surface area contributed by atoms with Crippen molar-refractivity contribution >= 4 is 11.9 Å². The Bertz CT molecular complexity index is 149. The second kappa shape index (κ2) is 5.18. The van der Waals surface area contributed by atoms with Crippen LogP contribution >= 0.6 is 11.9 Å². The van der Waals surface area contributed by atoms with E-state index in [9.17, 15) is 0 Å². The highest BCUT2D eigenvalue weighted by Gasteiger charge is 1.94. The predicted octanol–water partition coefficient (Wildman–Crippen LogP) is 2.45. The van der Waals surface area contributed by atoms with Gasteiger partial charge < -0.3 is 4.31 Å². The van der Waals surface area contributed by atoms with E-state index >= 15 is 0 Å². The smallest absolute Gasteiger partial charge is 0.0460 e. The fourth-order valence-corrected chi connectivity index (χ4v) is 0.874. The van der Waals surface area contributed by atoms with Gasteiger partial charge in [0.1, 0.15) is 0 Å². The van der Waals surface area contributed by atoms with Crippen LogP contribution in [0.1, 0.15) is 0 Å². The van der Waals surface area contributed by atoms with E-state index in [1.54, 1.807) is 24.1 Å². The highest BCUT2D eigenvalue weighted by atomic mass is 32.2. The highest BCUT2D eigenvalue weighted by Crippen LogP contribution is 2.11. The van der Waals surface area contributed by atoms with Crippen molar-refractivity contribution in [2.24, 2.45) is 0 Å². The van der Waals surface area contributed by atoms with Crippen molar-refractivity contribution in [1.29, 1.82) is 0 Å². The van der Waals surface area contributed by atoms with Crippen molar-refractivity contribution in [3.8, 4) is 0 Å². The minimum atomic E-state index is 1.07. The maximum atomic E-state index is 3.68. The standard InChI is InChI=1S/C8H13NS/c1-5-7-8(6-2)9(3)10-4/h5-7H,1-2H2,3-4H3/b8-7+. The molecular weight excluding hydrogens is 142 g/mol. The Balaban J connectivity index is 4.18. The molecule has 0 saturated heterocycles. The Kier molecular flexibility index (Phi) is 4.85. The molecule has 0 fully saturated rings. The molecule has 0 N–H and O–H groups in total. The van der Waals surface area contributed by atoms with Crippen LogP contribution in [0.3, 0.4) is 0 Å². The lowest BCUT2D eigenvalue weighted by Crippen LogP contribution is -2.04. The molecule has 0 aromatic rings. The molecule has 10 heavy (non-hydrogen) atoms. The lowest BCUT2D eigenvalue weighted by Gasteiger charge is -2.15. The highest BCUT2D eigenvalue weighted by molar-refractivity contribution is 7.96. The summed E-state index contributed by atoms with van der Waals surface area (Å²) >= 11 is 1.64. The first-order valence-electron chi connectivity index (χ1n) is 2.99. The maximum absolute atomic E-state index is 3.68. The SMILES string of the molecule is C=C/C=C(\C=C)N(C)SC. The van der Waals surface area contributed by atoms with Crippen molar-refractivity contribution in [2.45, 2.75) is 0 Å². The molecule has 0 amide bonds. The minimum absolute atomic E-state index is 1.07. The third-order valence-corrected chi connectivity index (χ3v) is 1.89. The van der Waals surface area contributed by atoms with Crippen LogP contribution in [-0.2, 0) is 0 Å². The van der Waals surface area contributed by atoms with Crippen molar-refractivity contribution in [3.63, 3.8) is 0 Å². The van der Waals surface area contributed by atoms with Crippen LogP contribution in [0.15, 0.2) is 37.1 Å². The van der Waals surface area contributed by atoms with Gasteiger partial charge in [0.2, 0.25) is 0 Å². The van der Waals surface area contributed by atoms with Crippen LogP contribution in [0, 0.1) is 0 Å². The zero-order valence-electron chi connectivity index (χ0n) is 6.50. The van der Waals surface area contributed by atoms with E-state index in [4.69, 9.17) is 0 Å². The Morgan fingerprint density at radius 2 is 2.10 bits per heavy atom. The molecule has 0 aliphatic heterocycles. The normalized spacial score (nSPS) is 10.8. The molecule has 0 aromatic carbocycles. The van der Waals surface area contributed by atoms with E-state index < -0.39 is 0 Å². The molecule has 56 valence electrons. The van der Waals surface area contributed by atoms with E-state index in [-0.39, 0.29) is 0 Å². The molecule has 2 heteroatoms. The summed E-state index contributed by atoms with van der Waals surface area (Å²) in [6.45, 7) is 7.28. The molecule has 0 atom stereocenters. The molecule has 0 radical (unpaired) electrons. The van der Waals surface area contributed by atoms with Crippen LogP contribution < -0.4 is 0 Å². The zero-order chi connectivity index (χ0) is 7.98. The van der Waals surface area contributed by atoms with Crippen LogP contribution in [0.4, 0.5) is 0 Å². The molecule has 0 saturated carbocycles. The van der Waals surface area contributed by atoms with Gasteiger partial charge in [-0.2, -0.15) is 0 Å². The number of nitrogens with zero attached hydrogens (tertiary/aromatic N) is 1. The fourth-order valence-electron chi connectivity index (χ4n) is 0.528. The lowest BCUT2D eigenvalue weighted by atomic mass is 10.4. The predicted molar refractivity (Wildman–Crippen MR) is 49.8 cm³/mol. The van der Waals surface area contributed by atoms with E-state index in [0.29, 0.717) is 0 Å². The van der Waals surface area contributed by atoms with Crippen LogP contribution in [-0.4, -0.2) is 17.6 Å². The molecule has 0 aromatic heterocycles. The summed E-state index contributed by atoms with van der Waals surface area (Å²) in [6.07, 6.45) is 7.49. The summed E-state index contributed by atoms with van der Waals surface area (Å²) in [5.41, 5.74) is 1.07. The molecule has 0 spiro atoms. The summed E-state index contributed by atoms with van der Waals surface area (Å²) in [6, 6.07) is 0.